The van der Waals surface area contributed by atoms with Crippen molar-refractivity contribution in [1.29, 1.82) is 0 Å². The van der Waals surface area contributed by atoms with E-state index in [1.54, 1.807) is 12.1 Å². The molecule has 1 aromatic carbocycles. The van der Waals surface area contributed by atoms with Crippen molar-refractivity contribution in [2.24, 2.45) is 0 Å². The number of hydrogen-bond donors (Lipinski definition) is 1. The van der Waals surface area contributed by atoms with Gasteiger partial charge in [-0.25, -0.2) is 9.18 Å². The molecule has 6 nitrogen and oxygen atoms in total. The maximum Gasteiger partial charge on any atom is 0.326 e. The van der Waals surface area contributed by atoms with Crippen LogP contribution in [0.25, 0.3) is 0 Å². The fraction of sp³-hybridized carbons (Fsp3) is 0.556. The highest BCUT2D eigenvalue weighted by molar-refractivity contribution is 5.85. The number of nitrogens with zero attached hydrogens (tertiary/aromatic N) is 2. The third kappa shape index (κ3) is 4.35. The molecule has 136 valence electrons. The first-order valence-corrected chi connectivity index (χ1v) is 8.63. The molecule has 2 fully saturated rings. The summed E-state index contributed by atoms with van der Waals surface area (Å²) in [4.78, 5) is 28.0. The van der Waals surface area contributed by atoms with Crippen LogP contribution in [0.5, 0.6) is 0 Å². The monoisotopic (exact) mass is 350 g/mol. The van der Waals surface area contributed by atoms with E-state index >= 15 is 0 Å². The molecule has 0 bridgehead atoms. The number of carbonyl (C=O) groups is 2. The van der Waals surface area contributed by atoms with E-state index in [0.29, 0.717) is 31.7 Å². The van der Waals surface area contributed by atoms with Gasteiger partial charge in [0.05, 0.1) is 19.6 Å². The number of likely N-dealkylation sites (tertiary alicyclic amines) is 1. The molecule has 7 heteroatoms. The van der Waals surface area contributed by atoms with Gasteiger partial charge in [-0.05, 0) is 30.5 Å². The van der Waals surface area contributed by atoms with Crippen molar-refractivity contribution < 1.29 is 23.8 Å². The fourth-order valence-corrected chi connectivity index (χ4v) is 3.68. The van der Waals surface area contributed by atoms with Crippen LogP contribution in [-0.2, 0) is 20.7 Å². The van der Waals surface area contributed by atoms with Gasteiger partial charge in [0.2, 0.25) is 5.91 Å². The van der Waals surface area contributed by atoms with Crippen molar-refractivity contribution in [3.63, 3.8) is 0 Å². The number of carboxylic acids is 1. The average Bonchev–Trinajstić information content (AvgIpc) is 2.62. The predicted octanol–water partition coefficient (Wildman–Crippen LogP) is 1.14. The second kappa shape index (κ2) is 7.93. The molecule has 2 heterocycles. The van der Waals surface area contributed by atoms with Crippen molar-refractivity contribution in [1.82, 2.24) is 9.80 Å². The number of hydrogen-bond acceptors (Lipinski definition) is 4. The van der Waals surface area contributed by atoms with Crippen molar-refractivity contribution in [2.45, 2.75) is 31.3 Å². The van der Waals surface area contributed by atoms with Crippen LogP contribution in [0.1, 0.15) is 18.4 Å². The van der Waals surface area contributed by atoms with Gasteiger partial charge in [-0.3, -0.25) is 9.69 Å². The normalized spacial score (nSPS) is 24.9. The average molecular weight is 350 g/mol. The SMILES string of the molecule is O=C(O)[C@H]1C[C@@H](N2CCOCC2)CCN1C(=O)Cc1cccc(F)c1. The first-order chi connectivity index (χ1) is 12.0. The first kappa shape index (κ1) is 17.8. The Morgan fingerprint density at radius 1 is 1.24 bits per heavy atom. The lowest BCUT2D eigenvalue weighted by Gasteiger charge is -2.43. The van der Waals surface area contributed by atoms with Crippen LogP contribution < -0.4 is 0 Å². The predicted molar refractivity (Wildman–Crippen MR) is 88.7 cm³/mol. The number of amides is 1. The molecule has 3 rings (SSSR count). The third-order valence-corrected chi connectivity index (χ3v) is 4.99. The van der Waals surface area contributed by atoms with Crippen LogP contribution in [0.3, 0.4) is 0 Å². The number of aliphatic carboxylic acids is 1. The Hall–Kier alpha value is -1.99. The van der Waals surface area contributed by atoms with E-state index in [9.17, 15) is 19.1 Å². The summed E-state index contributed by atoms with van der Waals surface area (Å²) in [6.07, 6.45) is 1.19. The van der Waals surface area contributed by atoms with Gasteiger partial charge in [0.1, 0.15) is 11.9 Å². The standard InChI is InChI=1S/C18H23FN2O4/c19-14-3-1-2-13(10-14)11-17(22)21-5-4-15(12-16(21)18(23)24)20-6-8-25-9-7-20/h1-3,10,15-16H,4-9,11-12H2,(H,23,24)/t15-,16+/m0/s1. The molecule has 1 N–H and O–H groups in total. The molecule has 1 aromatic rings. The van der Waals surface area contributed by atoms with Crippen LogP contribution in [0.15, 0.2) is 24.3 Å². The van der Waals surface area contributed by atoms with E-state index < -0.39 is 17.8 Å². The number of benzene rings is 1. The first-order valence-electron chi connectivity index (χ1n) is 8.63. The van der Waals surface area contributed by atoms with Gasteiger partial charge in [0.25, 0.3) is 0 Å². The molecule has 25 heavy (non-hydrogen) atoms. The summed E-state index contributed by atoms with van der Waals surface area (Å²) in [5, 5.41) is 9.59. The van der Waals surface area contributed by atoms with E-state index in [2.05, 4.69) is 4.90 Å². The molecule has 0 aliphatic carbocycles. The van der Waals surface area contributed by atoms with Gasteiger partial charge < -0.3 is 14.7 Å². The number of carboxylic acid groups (broad SMARTS) is 1. The highest BCUT2D eigenvalue weighted by Crippen LogP contribution is 2.24. The topological polar surface area (TPSA) is 70.1 Å². The van der Waals surface area contributed by atoms with Crippen molar-refractivity contribution in [3.05, 3.63) is 35.6 Å². The molecule has 2 atom stereocenters. The maximum absolute atomic E-state index is 13.3. The molecular formula is C18H23FN2O4. The summed E-state index contributed by atoms with van der Waals surface area (Å²) in [7, 11) is 0. The second-order valence-corrected chi connectivity index (χ2v) is 6.57. The molecule has 2 saturated heterocycles. The van der Waals surface area contributed by atoms with Gasteiger partial charge in [-0.15, -0.1) is 0 Å². The fourth-order valence-electron chi connectivity index (χ4n) is 3.68. The van der Waals surface area contributed by atoms with Gasteiger partial charge in [-0.2, -0.15) is 0 Å². The largest absolute Gasteiger partial charge is 0.480 e. The van der Waals surface area contributed by atoms with E-state index in [1.807, 2.05) is 0 Å². The number of halogens is 1. The number of morpholine rings is 1. The summed E-state index contributed by atoms with van der Waals surface area (Å²) in [5.41, 5.74) is 0.560. The molecule has 2 aliphatic heterocycles. The number of rotatable bonds is 4. The van der Waals surface area contributed by atoms with Crippen molar-refractivity contribution in [3.8, 4) is 0 Å². The zero-order chi connectivity index (χ0) is 17.8. The van der Waals surface area contributed by atoms with Gasteiger partial charge in [-0.1, -0.05) is 12.1 Å². The second-order valence-electron chi connectivity index (χ2n) is 6.57. The molecule has 0 radical (unpaired) electrons. The number of ether oxygens (including phenoxy) is 1. The molecule has 2 aliphatic rings. The Morgan fingerprint density at radius 2 is 2.00 bits per heavy atom. The number of piperidine rings is 1. The van der Waals surface area contributed by atoms with Crippen LogP contribution in [0.2, 0.25) is 0 Å². The van der Waals surface area contributed by atoms with Gasteiger partial charge in [0.15, 0.2) is 0 Å². The summed E-state index contributed by atoms with van der Waals surface area (Å²) >= 11 is 0. The quantitative estimate of drug-likeness (QED) is 0.882. The van der Waals surface area contributed by atoms with Crippen LogP contribution in [0.4, 0.5) is 4.39 Å². The lowest BCUT2D eigenvalue weighted by Crippen LogP contribution is -2.56. The van der Waals surface area contributed by atoms with E-state index in [-0.39, 0.29) is 18.4 Å². The molecule has 0 aromatic heterocycles. The molecule has 1 amide bonds. The minimum atomic E-state index is -0.981. The van der Waals surface area contributed by atoms with Gasteiger partial charge >= 0.3 is 5.97 Å². The van der Waals surface area contributed by atoms with Crippen LogP contribution in [0, 0.1) is 5.82 Å². The maximum atomic E-state index is 13.3. The summed E-state index contributed by atoms with van der Waals surface area (Å²) in [6.45, 7) is 3.34. The van der Waals surface area contributed by atoms with Crippen LogP contribution in [-0.4, -0.2) is 71.7 Å². The Balaban J connectivity index is 1.66. The zero-order valence-corrected chi connectivity index (χ0v) is 14.1. The Bertz CT molecular complexity index is 633. The minimum absolute atomic E-state index is 0.0176. The smallest absolute Gasteiger partial charge is 0.326 e. The summed E-state index contributed by atoms with van der Waals surface area (Å²) in [6, 6.07) is 5.19. The van der Waals surface area contributed by atoms with E-state index in [1.165, 1.54) is 17.0 Å². The highest BCUT2D eigenvalue weighted by atomic mass is 19.1. The minimum Gasteiger partial charge on any atom is -0.480 e. The van der Waals surface area contributed by atoms with Crippen LogP contribution >= 0.6 is 0 Å². The van der Waals surface area contributed by atoms with Crippen molar-refractivity contribution >= 4 is 11.9 Å². The lowest BCUT2D eigenvalue weighted by molar-refractivity contribution is -0.153. The molecule has 0 unspecified atom stereocenters. The Labute approximate surface area is 146 Å². The van der Waals surface area contributed by atoms with Crippen molar-refractivity contribution in [2.75, 3.05) is 32.8 Å². The molecule has 0 saturated carbocycles. The summed E-state index contributed by atoms with van der Waals surface area (Å²) in [5.74, 6) is -1.64. The molecule has 0 spiro atoms. The third-order valence-electron chi connectivity index (χ3n) is 4.99. The Morgan fingerprint density at radius 3 is 2.68 bits per heavy atom. The van der Waals surface area contributed by atoms with Gasteiger partial charge in [0, 0.05) is 25.7 Å². The number of carbonyl (C=O) groups excluding carboxylic acids is 1. The molecular weight excluding hydrogens is 327 g/mol. The highest BCUT2D eigenvalue weighted by Gasteiger charge is 2.38. The summed E-state index contributed by atoms with van der Waals surface area (Å²) < 4.78 is 18.6. The zero-order valence-electron chi connectivity index (χ0n) is 14.1. The van der Waals surface area contributed by atoms with E-state index in [4.69, 9.17) is 4.74 Å². The lowest BCUT2D eigenvalue weighted by atomic mass is 9.94. The van der Waals surface area contributed by atoms with E-state index in [0.717, 1.165) is 19.5 Å². The Kier molecular flexibility index (Phi) is 5.65.